The third-order valence-electron chi connectivity index (χ3n) is 20.2. The summed E-state index contributed by atoms with van der Waals surface area (Å²) in [6, 6.07) is 19.1. The van der Waals surface area contributed by atoms with Gasteiger partial charge in [0.1, 0.15) is 0 Å². The van der Waals surface area contributed by atoms with Gasteiger partial charge >= 0.3 is 14.2 Å². The molecule has 0 radical (unpaired) electrons. The van der Waals surface area contributed by atoms with Gasteiger partial charge in [-0.3, -0.25) is 0 Å². The van der Waals surface area contributed by atoms with Crippen molar-refractivity contribution in [1.29, 1.82) is 0 Å². The molecule has 5 aromatic rings. The van der Waals surface area contributed by atoms with E-state index in [-0.39, 0.29) is 0 Å². The second-order valence-corrected chi connectivity index (χ2v) is 28.2. The van der Waals surface area contributed by atoms with Crippen molar-refractivity contribution in [3.63, 3.8) is 0 Å². The van der Waals surface area contributed by atoms with Gasteiger partial charge in [0.15, 0.2) is 0 Å². The van der Waals surface area contributed by atoms with Crippen molar-refractivity contribution in [1.82, 2.24) is 9.13 Å². The normalized spacial score (nSPS) is 17.6. The zero-order valence-electron chi connectivity index (χ0n) is 53.9. The van der Waals surface area contributed by atoms with E-state index >= 15 is 0 Å². The van der Waals surface area contributed by atoms with Crippen LogP contribution < -0.4 is 10.9 Å². The number of benzene rings is 3. The van der Waals surface area contributed by atoms with E-state index in [1.54, 1.807) is 0 Å². The molecule has 0 aliphatic carbocycles. The molecule has 6 nitrogen and oxygen atoms in total. The van der Waals surface area contributed by atoms with Gasteiger partial charge in [-0.1, -0.05) is 257 Å². The van der Waals surface area contributed by atoms with Gasteiger partial charge in [0, 0.05) is 56.7 Å². The molecule has 2 fully saturated rings. The summed E-state index contributed by atoms with van der Waals surface area (Å²) in [5, 5.41) is 5.31. The first kappa shape index (κ1) is 64.8. The summed E-state index contributed by atoms with van der Waals surface area (Å²) in [5.41, 5.74) is 5.87. The van der Waals surface area contributed by atoms with Crippen LogP contribution in [0, 0.1) is 11.8 Å². The maximum atomic E-state index is 6.67. The number of hydrogen-bond donors (Lipinski definition) is 0. The molecule has 4 heterocycles. The monoisotopic (exact) mass is 1100 g/mol. The van der Waals surface area contributed by atoms with Gasteiger partial charge in [-0.05, 0) is 115 Å². The zero-order chi connectivity index (χ0) is 57.2. The van der Waals surface area contributed by atoms with E-state index in [0.717, 1.165) is 35.9 Å². The summed E-state index contributed by atoms with van der Waals surface area (Å²) < 4.78 is 32.0. The minimum absolute atomic E-state index is 0.394. The van der Waals surface area contributed by atoms with Crippen molar-refractivity contribution >= 4 is 68.8 Å². The lowest BCUT2D eigenvalue weighted by molar-refractivity contribution is 0.00578. The number of aromatic nitrogens is 2. The summed E-state index contributed by atoms with van der Waals surface area (Å²) in [5.74, 6) is 1.76. The molecule has 2 atom stereocenters. The van der Waals surface area contributed by atoms with Crippen LogP contribution in [0.25, 0.3) is 43.6 Å². The Morgan fingerprint density at radius 3 is 0.863 bits per heavy atom. The summed E-state index contributed by atoms with van der Waals surface area (Å²) in [6.45, 7) is 28.9. The minimum atomic E-state index is -0.396. The van der Waals surface area contributed by atoms with Crippen LogP contribution in [0.15, 0.2) is 48.5 Å². The predicted molar refractivity (Wildman–Crippen MR) is 351 cm³/mol. The Bertz CT molecular complexity index is 2400. The van der Waals surface area contributed by atoms with E-state index < -0.39 is 36.6 Å². The smallest absolute Gasteiger partial charge is 0.399 e. The van der Waals surface area contributed by atoms with Crippen LogP contribution in [0.2, 0.25) is 0 Å². The van der Waals surface area contributed by atoms with Crippen molar-refractivity contribution in [3.8, 4) is 0 Å². The molecule has 2 aliphatic heterocycles. The Hall–Kier alpha value is -2.77. The summed E-state index contributed by atoms with van der Waals surface area (Å²) >= 11 is 0. The third kappa shape index (κ3) is 17.7. The maximum absolute atomic E-state index is 6.67. The Balaban J connectivity index is 1.02. The molecule has 0 amide bonds. The first-order valence-electron chi connectivity index (χ1n) is 34.2. The second-order valence-electron chi connectivity index (χ2n) is 28.2. The molecule has 80 heavy (non-hydrogen) atoms. The largest absolute Gasteiger partial charge is 0.494 e. The number of rotatable bonds is 40. The van der Waals surface area contributed by atoms with Crippen LogP contribution in [0.1, 0.15) is 301 Å². The molecular weight excluding hydrogens is 978 g/mol. The molecule has 2 aliphatic rings. The van der Waals surface area contributed by atoms with E-state index in [4.69, 9.17) is 18.6 Å². The Morgan fingerprint density at radius 1 is 0.325 bits per heavy atom. The Kier molecular flexibility index (Phi) is 25.4. The van der Waals surface area contributed by atoms with Crippen LogP contribution in [0.4, 0.5) is 0 Å². The molecule has 2 saturated heterocycles. The van der Waals surface area contributed by atoms with Crippen LogP contribution in [-0.4, -0.2) is 45.8 Å². The van der Waals surface area contributed by atoms with E-state index in [1.807, 2.05) is 0 Å². The summed E-state index contributed by atoms with van der Waals surface area (Å²) in [6.07, 6.45) is 46.9. The maximum Gasteiger partial charge on any atom is 0.494 e. The second kappa shape index (κ2) is 31.4. The van der Waals surface area contributed by atoms with Crippen molar-refractivity contribution in [2.45, 2.75) is 337 Å². The van der Waals surface area contributed by atoms with Crippen LogP contribution in [0.5, 0.6) is 0 Å². The molecule has 2 unspecified atom stereocenters. The molecule has 3 aromatic carbocycles. The van der Waals surface area contributed by atoms with E-state index in [0.29, 0.717) is 0 Å². The van der Waals surface area contributed by atoms with Gasteiger partial charge in [-0.15, -0.1) is 0 Å². The fourth-order valence-corrected chi connectivity index (χ4v) is 13.3. The zero-order valence-corrected chi connectivity index (χ0v) is 53.9. The van der Waals surface area contributed by atoms with Gasteiger partial charge in [-0.2, -0.15) is 0 Å². The molecular formula is C72H118B2N2O4. The first-order valence-corrected chi connectivity index (χ1v) is 34.2. The molecule has 2 aromatic heterocycles. The highest BCUT2D eigenvalue weighted by molar-refractivity contribution is 6.63. The highest BCUT2D eigenvalue weighted by Gasteiger charge is 2.53. The average molecular weight is 1100 g/mol. The fourth-order valence-electron chi connectivity index (χ4n) is 13.3. The number of nitrogens with zero attached hydrogens (tertiary/aromatic N) is 2. The molecule has 446 valence electrons. The SMILES string of the molecule is CCCCCCCCCCC(C)CCCCCCCCCn1c2cc(B3OC(C)(C)C(C)(C)O3)ccc2c2cc3c(cc21)c1ccc(B2OC(C)(C)C(C)(C)O2)cc1n3CCCCCCCCCC(C)CCCCCCCCCC. The highest BCUT2D eigenvalue weighted by atomic mass is 16.7. The topological polar surface area (TPSA) is 46.8 Å². The van der Waals surface area contributed by atoms with Crippen molar-refractivity contribution in [3.05, 3.63) is 48.5 Å². The molecule has 0 saturated carbocycles. The van der Waals surface area contributed by atoms with Crippen LogP contribution in [-0.2, 0) is 31.7 Å². The third-order valence-corrected chi connectivity index (χ3v) is 20.2. The standard InChI is InChI=1S/C72H118B2N2O4/c1-13-15-17-19-21-25-31-37-43-57(3)45-39-33-27-23-29-35-41-51-75-65-53-59(73-77-69(5,6)70(7,8)78-73)47-49-61(65)63-56-68-64(55-67(63)75)62-50-48-60(74-79-71(9,10)72(11,12)80-74)54-66(62)76(68)52-42-36-30-24-28-34-40-46-58(4)44-38-32-26-22-20-18-16-14-2/h47-50,53-58H,13-46,51-52H2,1-12H3. The molecule has 0 N–H and O–H groups in total. The Morgan fingerprint density at radius 2 is 0.575 bits per heavy atom. The average Bonchev–Trinajstić information content (AvgIpc) is 4.26. The lowest BCUT2D eigenvalue weighted by atomic mass is 9.78. The predicted octanol–water partition coefficient (Wildman–Crippen LogP) is 21.1. The summed E-state index contributed by atoms with van der Waals surface area (Å²) in [7, 11) is -0.792. The number of fused-ring (bicyclic) bond motifs is 6. The molecule has 0 spiro atoms. The van der Waals surface area contributed by atoms with E-state index in [1.165, 1.54) is 262 Å². The van der Waals surface area contributed by atoms with E-state index in [2.05, 4.69) is 141 Å². The van der Waals surface area contributed by atoms with Crippen molar-refractivity contribution in [2.24, 2.45) is 11.8 Å². The van der Waals surface area contributed by atoms with Crippen molar-refractivity contribution < 1.29 is 18.6 Å². The summed E-state index contributed by atoms with van der Waals surface area (Å²) in [4.78, 5) is 0. The van der Waals surface area contributed by atoms with Gasteiger partial charge in [0.2, 0.25) is 0 Å². The first-order chi connectivity index (χ1) is 38.5. The van der Waals surface area contributed by atoms with Gasteiger partial charge < -0.3 is 27.8 Å². The Labute approximate surface area is 491 Å². The number of hydrogen-bond acceptors (Lipinski definition) is 4. The fraction of sp³-hybridized carbons (Fsp3) is 0.750. The van der Waals surface area contributed by atoms with E-state index in [9.17, 15) is 0 Å². The van der Waals surface area contributed by atoms with Crippen LogP contribution in [0.3, 0.4) is 0 Å². The molecule has 0 bridgehead atoms. The highest BCUT2D eigenvalue weighted by Crippen LogP contribution is 2.41. The number of aryl methyl sites for hydroxylation is 2. The minimum Gasteiger partial charge on any atom is -0.399 e. The van der Waals surface area contributed by atoms with Gasteiger partial charge in [0.05, 0.1) is 22.4 Å². The quantitative estimate of drug-likeness (QED) is 0.0290. The van der Waals surface area contributed by atoms with Gasteiger partial charge in [0.25, 0.3) is 0 Å². The lowest BCUT2D eigenvalue weighted by Crippen LogP contribution is -2.41. The van der Waals surface area contributed by atoms with Gasteiger partial charge in [-0.25, -0.2) is 0 Å². The van der Waals surface area contributed by atoms with Crippen LogP contribution >= 0.6 is 0 Å². The number of unbranched alkanes of at least 4 members (excludes halogenated alkanes) is 26. The van der Waals surface area contributed by atoms with Crippen molar-refractivity contribution in [2.75, 3.05) is 0 Å². The molecule has 8 heteroatoms. The lowest BCUT2D eigenvalue weighted by Gasteiger charge is -2.32. The molecule has 7 rings (SSSR count).